The second-order valence-electron chi connectivity index (χ2n) is 8.39. The van der Waals surface area contributed by atoms with Crippen LogP contribution in [0.15, 0.2) is 72.2 Å². The maximum atomic E-state index is 14.5. The molecule has 180 valence electrons. The minimum absolute atomic E-state index is 0.0466. The predicted molar refractivity (Wildman–Crippen MR) is 138 cm³/mol. The molecule has 1 saturated carbocycles. The van der Waals surface area contributed by atoms with Gasteiger partial charge in [0.2, 0.25) is 11.0 Å². The molecule has 1 aliphatic carbocycles. The Morgan fingerprint density at radius 3 is 2.75 bits per heavy atom. The fourth-order valence-electron chi connectivity index (χ4n) is 4.15. The van der Waals surface area contributed by atoms with Crippen LogP contribution in [0.25, 0.3) is 27.5 Å². The maximum Gasteiger partial charge on any atom is 0.229 e. The number of benzene rings is 2. The Morgan fingerprint density at radius 2 is 2.00 bits per heavy atom. The van der Waals surface area contributed by atoms with E-state index in [9.17, 15) is 9.18 Å². The molecule has 6 rings (SSSR count). The first-order valence-electron chi connectivity index (χ1n) is 11.3. The van der Waals surface area contributed by atoms with Gasteiger partial charge in [-0.25, -0.2) is 9.07 Å². The van der Waals surface area contributed by atoms with Crippen LogP contribution in [0.2, 0.25) is 0 Å². The summed E-state index contributed by atoms with van der Waals surface area (Å²) in [6.07, 6.45) is 2.68. The average molecular weight is 518 g/mol. The van der Waals surface area contributed by atoms with Crippen molar-refractivity contribution < 1.29 is 13.9 Å². The summed E-state index contributed by atoms with van der Waals surface area (Å²) in [5.74, 6) is -0.143. The molecule has 3 heterocycles. The minimum Gasteiger partial charge on any atom is -0.494 e. The summed E-state index contributed by atoms with van der Waals surface area (Å²) in [6, 6.07) is 18.4. The van der Waals surface area contributed by atoms with Gasteiger partial charge in [-0.05, 0) is 48.2 Å². The van der Waals surface area contributed by atoms with Crippen molar-refractivity contribution in [2.24, 2.45) is 5.92 Å². The summed E-state index contributed by atoms with van der Waals surface area (Å²) in [6.45, 7) is 0. The lowest BCUT2D eigenvalue weighted by atomic mass is 10.1. The topological polar surface area (TPSA) is 81.9 Å². The number of hydrogen-bond acceptors (Lipinski definition) is 7. The Morgan fingerprint density at radius 1 is 1.14 bits per heavy atom. The number of amides is 1. The summed E-state index contributed by atoms with van der Waals surface area (Å²) >= 11 is 2.94. The zero-order chi connectivity index (χ0) is 24.6. The number of hydrogen-bond donors (Lipinski definition) is 1. The Balaban J connectivity index is 1.31. The highest BCUT2D eigenvalue weighted by molar-refractivity contribution is 7.18. The summed E-state index contributed by atoms with van der Waals surface area (Å²) in [4.78, 5) is 14.0. The van der Waals surface area contributed by atoms with E-state index in [4.69, 9.17) is 9.84 Å². The van der Waals surface area contributed by atoms with Gasteiger partial charge in [-0.2, -0.15) is 5.10 Å². The number of halogens is 1. The second kappa shape index (κ2) is 9.29. The van der Waals surface area contributed by atoms with E-state index in [1.165, 1.54) is 29.4 Å². The Hall–Kier alpha value is -3.89. The molecule has 2 unspecified atom stereocenters. The molecule has 0 bridgehead atoms. The number of nitrogens with one attached hydrogen (secondary N) is 1. The lowest BCUT2D eigenvalue weighted by molar-refractivity contribution is -0.117. The molecule has 2 aromatic carbocycles. The molecule has 2 atom stereocenters. The highest BCUT2D eigenvalue weighted by Gasteiger charge is 2.44. The third-order valence-corrected chi connectivity index (χ3v) is 7.96. The summed E-state index contributed by atoms with van der Waals surface area (Å²) < 4.78 is 21.3. The van der Waals surface area contributed by atoms with Crippen molar-refractivity contribution in [3.63, 3.8) is 0 Å². The summed E-state index contributed by atoms with van der Waals surface area (Å²) in [7, 11) is 1.43. The van der Waals surface area contributed by atoms with Gasteiger partial charge < -0.3 is 10.1 Å². The van der Waals surface area contributed by atoms with Crippen LogP contribution < -0.4 is 10.1 Å². The van der Waals surface area contributed by atoms with Crippen LogP contribution in [-0.2, 0) is 4.79 Å². The number of rotatable bonds is 7. The monoisotopic (exact) mass is 517 g/mol. The Bertz CT molecular complexity index is 1530. The number of carbonyl (C=O) groups is 1. The number of methoxy groups -OCH3 is 1. The van der Waals surface area contributed by atoms with Gasteiger partial charge in [-0.15, -0.1) is 21.5 Å². The van der Waals surface area contributed by atoms with Crippen LogP contribution in [0, 0.1) is 11.7 Å². The normalized spacial score (nSPS) is 16.6. The van der Waals surface area contributed by atoms with Gasteiger partial charge in [0.25, 0.3) is 0 Å². The van der Waals surface area contributed by atoms with Crippen molar-refractivity contribution in [1.29, 1.82) is 0 Å². The molecular formula is C26H20FN5O2S2. The van der Waals surface area contributed by atoms with E-state index >= 15 is 0 Å². The summed E-state index contributed by atoms with van der Waals surface area (Å²) in [5.41, 5.74) is 2.67. The van der Waals surface area contributed by atoms with Crippen molar-refractivity contribution in [3.05, 3.63) is 82.9 Å². The predicted octanol–water partition coefficient (Wildman–Crippen LogP) is 6.01. The van der Waals surface area contributed by atoms with E-state index in [1.807, 2.05) is 48.0 Å². The highest BCUT2D eigenvalue weighted by atomic mass is 32.1. The first kappa shape index (κ1) is 22.6. The van der Waals surface area contributed by atoms with E-state index in [2.05, 4.69) is 21.6 Å². The van der Waals surface area contributed by atoms with Gasteiger partial charge in [0.1, 0.15) is 5.69 Å². The molecule has 1 aliphatic rings. The van der Waals surface area contributed by atoms with Crippen LogP contribution in [-0.4, -0.2) is 33.0 Å². The van der Waals surface area contributed by atoms with Gasteiger partial charge in [0, 0.05) is 28.5 Å². The number of ether oxygens (including phenoxy) is 1. The zero-order valence-electron chi connectivity index (χ0n) is 19.1. The standard InChI is InChI=1S/C26H20FN5O2S2/c1-34-21-10-9-15(12-20(21)27)23-19(14-32(31-23)16-6-3-2-4-7-16)25-29-30-26(36-25)28-24(33)18-13-17(18)22-8-5-11-35-22/h2-12,14,17-18H,13H2,1H3,(H,28,30,33). The first-order valence-corrected chi connectivity index (χ1v) is 13.0. The van der Waals surface area contributed by atoms with Gasteiger partial charge in [-0.1, -0.05) is 35.6 Å². The molecule has 1 amide bonds. The van der Waals surface area contributed by atoms with E-state index < -0.39 is 5.82 Å². The van der Waals surface area contributed by atoms with Crippen LogP contribution in [0.3, 0.4) is 0 Å². The molecule has 1 N–H and O–H groups in total. The number of para-hydroxylation sites is 1. The van der Waals surface area contributed by atoms with Gasteiger partial charge in [-0.3, -0.25) is 4.79 Å². The van der Waals surface area contributed by atoms with Crippen molar-refractivity contribution in [1.82, 2.24) is 20.0 Å². The van der Waals surface area contributed by atoms with Crippen molar-refractivity contribution >= 4 is 33.7 Å². The highest BCUT2D eigenvalue weighted by Crippen LogP contribution is 2.49. The van der Waals surface area contributed by atoms with Crippen LogP contribution in [0.5, 0.6) is 5.75 Å². The van der Waals surface area contributed by atoms with E-state index in [0.717, 1.165) is 12.1 Å². The molecular weight excluding hydrogens is 497 g/mol. The zero-order valence-corrected chi connectivity index (χ0v) is 20.7. The van der Waals surface area contributed by atoms with Crippen LogP contribution >= 0.6 is 22.7 Å². The molecule has 7 nitrogen and oxygen atoms in total. The van der Waals surface area contributed by atoms with Crippen LogP contribution in [0.4, 0.5) is 9.52 Å². The number of aromatic nitrogens is 4. The quantitative estimate of drug-likeness (QED) is 0.286. The van der Waals surface area contributed by atoms with E-state index in [0.29, 0.717) is 27.0 Å². The SMILES string of the molecule is COc1ccc(-c2nn(-c3ccccc3)cc2-c2nnc(NC(=O)C3CC3c3cccs3)s2)cc1F. The van der Waals surface area contributed by atoms with E-state index in [-0.39, 0.29) is 23.5 Å². The largest absolute Gasteiger partial charge is 0.494 e. The van der Waals surface area contributed by atoms with Gasteiger partial charge in [0.05, 0.1) is 18.4 Å². The van der Waals surface area contributed by atoms with Crippen molar-refractivity contribution in [2.45, 2.75) is 12.3 Å². The molecule has 5 aromatic rings. The molecule has 1 fully saturated rings. The molecule has 0 aliphatic heterocycles. The number of carbonyl (C=O) groups excluding carboxylic acids is 1. The molecule has 10 heteroatoms. The minimum atomic E-state index is -0.481. The Kier molecular flexibility index (Phi) is 5.82. The average Bonchev–Trinajstić information content (AvgIpc) is 3.28. The molecule has 0 spiro atoms. The number of thiophene rings is 1. The van der Waals surface area contributed by atoms with E-state index in [1.54, 1.807) is 28.2 Å². The maximum absolute atomic E-state index is 14.5. The van der Waals surface area contributed by atoms with Crippen molar-refractivity contribution in [3.8, 4) is 33.3 Å². The lowest BCUT2D eigenvalue weighted by Gasteiger charge is -2.04. The third kappa shape index (κ3) is 4.29. The third-order valence-electron chi connectivity index (χ3n) is 6.08. The molecule has 0 saturated heterocycles. The summed E-state index contributed by atoms with van der Waals surface area (Å²) in [5, 5.41) is 19.2. The second-order valence-corrected chi connectivity index (χ2v) is 10.3. The fraction of sp³-hybridized carbons (Fsp3) is 0.154. The Labute approximate surface area is 214 Å². The molecule has 36 heavy (non-hydrogen) atoms. The van der Waals surface area contributed by atoms with Gasteiger partial charge >= 0.3 is 0 Å². The van der Waals surface area contributed by atoms with Crippen LogP contribution in [0.1, 0.15) is 17.2 Å². The number of anilines is 1. The number of nitrogens with zero attached hydrogens (tertiary/aromatic N) is 4. The fourth-order valence-corrected chi connectivity index (χ4v) is 5.82. The smallest absolute Gasteiger partial charge is 0.229 e. The van der Waals surface area contributed by atoms with Gasteiger partial charge in [0.15, 0.2) is 16.6 Å². The first-order chi connectivity index (χ1) is 17.6. The van der Waals surface area contributed by atoms with Crippen molar-refractivity contribution in [2.75, 3.05) is 12.4 Å². The lowest BCUT2D eigenvalue weighted by Crippen LogP contribution is -2.14. The molecule has 3 aromatic heterocycles. The molecule has 0 radical (unpaired) electrons.